The molecule has 5 rings (SSSR count). The molecule has 0 atom stereocenters. The van der Waals surface area contributed by atoms with Crippen molar-refractivity contribution in [2.24, 2.45) is 5.41 Å². The molecule has 42 heavy (non-hydrogen) atoms. The molecule has 1 amide bonds. The summed E-state index contributed by atoms with van der Waals surface area (Å²) in [6.07, 6.45) is -4.07. The van der Waals surface area contributed by atoms with E-state index in [1.165, 1.54) is 53.2 Å². The van der Waals surface area contributed by atoms with Gasteiger partial charge < -0.3 is 5.32 Å². The molecule has 1 N–H and O–H groups in total. The fourth-order valence-electron chi connectivity index (χ4n) is 5.04. The highest BCUT2D eigenvalue weighted by molar-refractivity contribution is 6.04. The van der Waals surface area contributed by atoms with Gasteiger partial charge in [-0.25, -0.2) is 9.07 Å². The number of halogens is 4. The molecule has 3 aromatic carbocycles. The van der Waals surface area contributed by atoms with Crippen LogP contribution in [-0.4, -0.2) is 26.4 Å². The van der Waals surface area contributed by atoms with E-state index in [0.717, 1.165) is 18.2 Å². The van der Waals surface area contributed by atoms with Gasteiger partial charge in [-0.3, -0.25) is 19.7 Å². The molecule has 1 aromatic heterocycles. The number of fused-ring (bicyclic) bond motifs is 1. The second-order valence-electron chi connectivity index (χ2n) is 10.9. The van der Waals surface area contributed by atoms with E-state index in [9.17, 15) is 37.3 Å². The summed E-state index contributed by atoms with van der Waals surface area (Å²) in [6.45, 7) is 3.80. The van der Waals surface area contributed by atoms with Crippen molar-refractivity contribution in [2.75, 3.05) is 0 Å². The summed E-state index contributed by atoms with van der Waals surface area (Å²) < 4.78 is 53.9. The first-order valence-corrected chi connectivity index (χ1v) is 12.9. The molecule has 0 fully saturated rings. The van der Waals surface area contributed by atoms with Crippen LogP contribution in [0.1, 0.15) is 57.8 Å². The fourth-order valence-corrected chi connectivity index (χ4v) is 5.04. The first kappa shape index (κ1) is 28.7. The van der Waals surface area contributed by atoms with E-state index in [2.05, 4.69) is 10.4 Å². The van der Waals surface area contributed by atoms with E-state index < -0.39 is 39.5 Å². The Balaban J connectivity index is 1.56. The van der Waals surface area contributed by atoms with Crippen molar-refractivity contribution >= 4 is 17.4 Å². The third-order valence-electron chi connectivity index (χ3n) is 7.06. The molecule has 1 heterocycles. The Labute approximate surface area is 237 Å². The normalized spacial score (nSPS) is 14.4. The lowest BCUT2D eigenvalue weighted by Crippen LogP contribution is -2.28. The quantitative estimate of drug-likeness (QED) is 0.155. The van der Waals surface area contributed by atoms with Crippen LogP contribution >= 0.6 is 0 Å². The number of carbonyl (C=O) groups is 2. The molecule has 4 aromatic rings. The minimum atomic E-state index is -4.55. The zero-order chi connectivity index (χ0) is 30.4. The van der Waals surface area contributed by atoms with Crippen molar-refractivity contribution in [3.05, 3.63) is 111 Å². The molecule has 1 aliphatic rings. The number of nitro benzene ring substituents is 1. The van der Waals surface area contributed by atoms with Crippen LogP contribution < -0.4 is 5.32 Å². The average molecular weight is 581 g/mol. The largest absolute Gasteiger partial charge is 0.416 e. The maximum absolute atomic E-state index is 13.3. The van der Waals surface area contributed by atoms with Gasteiger partial charge in [-0.1, -0.05) is 38.1 Å². The molecule has 0 unspecified atom stereocenters. The molecule has 1 aliphatic carbocycles. The summed E-state index contributed by atoms with van der Waals surface area (Å²) >= 11 is 0. The SMILES string of the molecule is CC1(C)CC(=O)c2c(-c3ccc(C(F)(F)F)cc3)nn(-c3ccc(C(=O)NCc4ccc(F)cc4)cc3[N+](=O)[O-])c2C1. The highest BCUT2D eigenvalue weighted by Crippen LogP contribution is 2.41. The van der Waals surface area contributed by atoms with Crippen LogP contribution in [-0.2, 0) is 19.1 Å². The lowest BCUT2D eigenvalue weighted by Gasteiger charge is -2.29. The number of Topliss-reactive ketones (excluding diaryl/α,β-unsaturated/α-hetero) is 1. The fraction of sp³-hybridized carbons (Fsp3) is 0.233. The van der Waals surface area contributed by atoms with Crippen molar-refractivity contribution < 1.29 is 32.1 Å². The molecular formula is C30H24F4N4O4. The van der Waals surface area contributed by atoms with Crippen LogP contribution in [0.5, 0.6) is 0 Å². The first-order chi connectivity index (χ1) is 19.7. The number of amides is 1. The van der Waals surface area contributed by atoms with E-state index in [1.54, 1.807) is 0 Å². The third-order valence-corrected chi connectivity index (χ3v) is 7.06. The summed E-state index contributed by atoms with van der Waals surface area (Å²) in [5.74, 6) is -1.30. The Morgan fingerprint density at radius 2 is 1.71 bits per heavy atom. The Hall–Kier alpha value is -4.87. The van der Waals surface area contributed by atoms with Crippen molar-refractivity contribution in [2.45, 2.75) is 39.4 Å². The number of alkyl halides is 3. The number of ketones is 1. The van der Waals surface area contributed by atoms with Crippen LogP contribution in [0.3, 0.4) is 0 Å². The molecular weight excluding hydrogens is 556 g/mol. The number of aromatic nitrogens is 2. The number of rotatable bonds is 6. The molecule has 0 aliphatic heterocycles. The lowest BCUT2D eigenvalue weighted by molar-refractivity contribution is -0.384. The average Bonchev–Trinajstić information content (AvgIpc) is 3.30. The number of benzene rings is 3. The summed E-state index contributed by atoms with van der Waals surface area (Å²) in [6, 6.07) is 13.5. The number of nitrogens with one attached hydrogen (secondary N) is 1. The van der Waals surface area contributed by atoms with Crippen molar-refractivity contribution in [1.29, 1.82) is 0 Å². The second-order valence-corrected chi connectivity index (χ2v) is 10.9. The van der Waals surface area contributed by atoms with Gasteiger partial charge in [0.1, 0.15) is 17.2 Å². The highest BCUT2D eigenvalue weighted by atomic mass is 19.4. The summed E-state index contributed by atoms with van der Waals surface area (Å²) in [7, 11) is 0. The van der Waals surface area contributed by atoms with E-state index in [0.29, 0.717) is 17.7 Å². The van der Waals surface area contributed by atoms with Crippen molar-refractivity contribution in [1.82, 2.24) is 15.1 Å². The van der Waals surface area contributed by atoms with Gasteiger partial charge in [0.05, 0.1) is 21.7 Å². The predicted octanol–water partition coefficient (Wildman–Crippen LogP) is 6.69. The molecule has 0 saturated heterocycles. The summed E-state index contributed by atoms with van der Waals surface area (Å²) in [5.41, 5.74) is -0.244. The van der Waals surface area contributed by atoms with E-state index in [-0.39, 0.29) is 46.8 Å². The topological polar surface area (TPSA) is 107 Å². The smallest absolute Gasteiger partial charge is 0.348 e. The molecule has 0 radical (unpaired) electrons. The van der Waals surface area contributed by atoms with Crippen LogP contribution in [0.4, 0.5) is 23.2 Å². The number of carbonyl (C=O) groups excluding carboxylic acids is 2. The van der Waals surface area contributed by atoms with Crippen LogP contribution in [0.2, 0.25) is 0 Å². The first-order valence-electron chi connectivity index (χ1n) is 12.9. The van der Waals surface area contributed by atoms with Gasteiger partial charge in [0, 0.05) is 30.2 Å². The highest BCUT2D eigenvalue weighted by Gasteiger charge is 2.38. The number of nitro groups is 1. The minimum absolute atomic E-state index is 0.00463. The maximum Gasteiger partial charge on any atom is 0.416 e. The van der Waals surface area contributed by atoms with Gasteiger partial charge in [0.2, 0.25) is 0 Å². The van der Waals surface area contributed by atoms with Crippen molar-refractivity contribution in [3.63, 3.8) is 0 Å². The summed E-state index contributed by atoms with van der Waals surface area (Å²) in [5, 5.41) is 19.3. The maximum atomic E-state index is 13.3. The molecule has 216 valence electrons. The second kappa shape index (κ2) is 10.5. The third kappa shape index (κ3) is 5.65. The van der Waals surface area contributed by atoms with Crippen LogP contribution in [0, 0.1) is 21.3 Å². The lowest BCUT2D eigenvalue weighted by atomic mass is 9.75. The van der Waals surface area contributed by atoms with Gasteiger partial charge in [-0.15, -0.1) is 0 Å². The van der Waals surface area contributed by atoms with Crippen molar-refractivity contribution in [3.8, 4) is 16.9 Å². The molecule has 0 spiro atoms. The molecule has 12 heteroatoms. The monoisotopic (exact) mass is 580 g/mol. The minimum Gasteiger partial charge on any atom is -0.348 e. The van der Waals surface area contributed by atoms with Gasteiger partial charge in [0.25, 0.3) is 11.6 Å². The molecule has 8 nitrogen and oxygen atoms in total. The van der Waals surface area contributed by atoms with Gasteiger partial charge in [-0.2, -0.15) is 18.3 Å². The summed E-state index contributed by atoms with van der Waals surface area (Å²) in [4.78, 5) is 37.6. The zero-order valence-electron chi connectivity index (χ0n) is 22.5. The van der Waals surface area contributed by atoms with Gasteiger partial charge >= 0.3 is 6.18 Å². The van der Waals surface area contributed by atoms with Gasteiger partial charge in [0.15, 0.2) is 5.78 Å². The van der Waals surface area contributed by atoms with Crippen LogP contribution in [0.25, 0.3) is 16.9 Å². The number of nitrogens with zero attached hydrogens (tertiary/aromatic N) is 3. The Bertz CT molecular complexity index is 1710. The predicted molar refractivity (Wildman–Crippen MR) is 145 cm³/mol. The van der Waals surface area contributed by atoms with E-state index in [4.69, 9.17) is 0 Å². The van der Waals surface area contributed by atoms with E-state index >= 15 is 0 Å². The van der Waals surface area contributed by atoms with Crippen LogP contribution in [0.15, 0.2) is 66.7 Å². The van der Waals surface area contributed by atoms with Gasteiger partial charge in [-0.05, 0) is 53.8 Å². The standard InChI is InChI=1S/C30H24F4N4O4/c1-29(2)14-24-26(25(39)15-29)27(18-5-8-20(9-6-18)30(32,33)34)36-37(24)22-12-7-19(13-23(22)38(41)42)28(40)35-16-17-3-10-21(31)11-4-17/h3-13H,14-16H2,1-2H3,(H,35,40). The number of hydrogen-bond donors (Lipinski definition) is 1. The number of hydrogen-bond acceptors (Lipinski definition) is 5. The Kier molecular flexibility index (Phi) is 7.17. The Morgan fingerprint density at radius 1 is 1.05 bits per heavy atom. The molecule has 0 saturated carbocycles. The van der Waals surface area contributed by atoms with E-state index in [1.807, 2.05) is 13.8 Å². The zero-order valence-corrected chi connectivity index (χ0v) is 22.5. The Morgan fingerprint density at radius 3 is 2.33 bits per heavy atom. The molecule has 0 bridgehead atoms.